The molecule has 0 unspecified atom stereocenters. The molecule has 0 spiro atoms. The Hall–Kier alpha value is -5.11. The lowest BCUT2D eigenvalue weighted by molar-refractivity contribution is 0.00578. The van der Waals surface area contributed by atoms with Crippen LogP contribution in [0.25, 0.3) is 61.7 Å². The van der Waals surface area contributed by atoms with Crippen molar-refractivity contribution in [1.82, 2.24) is 19.5 Å². The zero-order valence-corrected chi connectivity index (χ0v) is 26.3. The Morgan fingerprint density at radius 2 is 0.891 bits per heavy atom. The summed E-state index contributed by atoms with van der Waals surface area (Å²) in [5.41, 5.74) is 6.33. The normalized spacial score (nSPS) is 15.5. The average molecular weight is 601 g/mol. The number of benzene rings is 5. The minimum Gasteiger partial charge on any atom is -0.399 e. The van der Waals surface area contributed by atoms with Gasteiger partial charge in [-0.3, -0.25) is 0 Å². The quantitative estimate of drug-likeness (QED) is 0.186. The zero-order chi connectivity index (χ0) is 31.5. The first-order valence-corrected chi connectivity index (χ1v) is 15.6. The topological polar surface area (TPSA) is 62.1 Å². The molecule has 224 valence electrons. The molecular formula is C39H33BN4O2. The monoisotopic (exact) mass is 600 g/mol. The third-order valence-electron chi connectivity index (χ3n) is 9.33. The van der Waals surface area contributed by atoms with Crippen molar-refractivity contribution in [3.8, 4) is 39.9 Å². The molecule has 0 radical (unpaired) electrons. The third-order valence-corrected chi connectivity index (χ3v) is 9.33. The lowest BCUT2D eigenvalue weighted by Crippen LogP contribution is -2.41. The Morgan fingerprint density at radius 3 is 1.39 bits per heavy atom. The van der Waals surface area contributed by atoms with Gasteiger partial charge in [0.15, 0.2) is 17.5 Å². The van der Waals surface area contributed by atoms with Crippen molar-refractivity contribution in [1.29, 1.82) is 0 Å². The number of nitrogens with zero attached hydrogens (tertiary/aromatic N) is 4. The lowest BCUT2D eigenvalue weighted by Gasteiger charge is -2.32. The minimum atomic E-state index is -0.430. The highest BCUT2D eigenvalue weighted by molar-refractivity contribution is 6.62. The van der Waals surface area contributed by atoms with Crippen molar-refractivity contribution in [2.75, 3.05) is 0 Å². The summed E-state index contributed by atoms with van der Waals surface area (Å²) in [6.07, 6.45) is 0. The van der Waals surface area contributed by atoms with E-state index in [2.05, 4.69) is 105 Å². The molecule has 1 fully saturated rings. The Labute approximate surface area is 268 Å². The van der Waals surface area contributed by atoms with E-state index in [0.717, 1.165) is 27.8 Å². The predicted molar refractivity (Wildman–Crippen MR) is 186 cm³/mol. The van der Waals surface area contributed by atoms with Crippen molar-refractivity contribution in [3.05, 3.63) is 127 Å². The fraction of sp³-hybridized carbons (Fsp3) is 0.154. The highest BCUT2D eigenvalue weighted by Crippen LogP contribution is 2.37. The molecule has 6 nitrogen and oxygen atoms in total. The minimum absolute atomic E-state index is 0.402. The molecule has 5 aromatic carbocycles. The van der Waals surface area contributed by atoms with Gasteiger partial charge in [0, 0.05) is 33.2 Å². The maximum Gasteiger partial charge on any atom is 0.494 e. The molecule has 8 rings (SSSR count). The van der Waals surface area contributed by atoms with Gasteiger partial charge >= 0.3 is 7.12 Å². The van der Waals surface area contributed by atoms with Crippen molar-refractivity contribution < 1.29 is 9.31 Å². The number of hydrogen-bond acceptors (Lipinski definition) is 5. The van der Waals surface area contributed by atoms with E-state index < -0.39 is 18.3 Å². The fourth-order valence-electron chi connectivity index (χ4n) is 6.08. The number of rotatable bonds is 5. The van der Waals surface area contributed by atoms with Crippen molar-refractivity contribution in [2.24, 2.45) is 0 Å². The van der Waals surface area contributed by atoms with Crippen LogP contribution in [0.2, 0.25) is 0 Å². The summed E-state index contributed by atoms with van der Waals surface area (Å²) in [6.45, 7) is 8.26. The molecule has 3 heterocycles. The standard InChI is InChI=1S/C39H33BN4O2/c1-38(2)39(3,4)46-40(45-38)29-22-18-27(19-23-29)36-41-35(26-12-6-5-7-13-26)42-37(43-36)28-20-24-30(25-21-28)44-33-16-10-8-14-31(33)32-15-9-11-17-34(32)44/h5-25H,1-4H3. The van der Waals surface area contributed by atoms with Gasteiger partial charge in [-0.2, -0.15) is 0 Å². The van der Waals surface area contributed by atoms with Gasteiger partial charge in [-0.15, -0.1) is 0 Å². The van der Waals surface area contributed by atoms with E-state index in [9.17, 15) is 0 Å². The molecule has 0 saturated carbocycles. The molecule has 0 bridgehead atoms. The SMILES string of the molecule is CC1(C)OB(c2ccc(-c3nc(-c4ccccc4)nc(-c4ccc(-n5c6ccccc6c6ccccc65)cc4)n3)cc2)OC1(C)C. The summed E-state index contributed by atoms with van der Waals surface area (Å²) in [6, 6.07) is 43.7. The molecule has 46 heavy (non-hydrogen) atoms. The molecule has 1 aliphatic rings. The summed E-state index contributed by atoms with van der Waals surface area (Å²) in [7, 11) is -0.430. The van der Waals surface area contributed by atoms with E-state index in [4.69, 9.17) is 24.3 Å². The van der Waals surface area contributed by atoms with Crippen LogP contribution in [0.15, 0.2) is 127 Å². The first-order chi connectivity index (χ1) is 22.3. The number of hydrogen-bond donors (Lipinski definition) is 0. The van der Waals surface area contributed by atoms with Crippen LogP contribution in [0.5, 0.6) is 0 Å². The molecule has 1 aliphatic heterocycles. The molecule has 0 amide bonds. The molecule has 0 aliphatic carbocycles. The first-order valence-electron chi connectivity index (χ1n) is 15.6. The van der Waals surface area contributed by atoms with Gasteiger partial charge < -0.3 is 13.9 Å². The van der Waals surface area contributed by atoms with Crippen LogP contribution in [0, 0.1) is 0 Å². The average Bonchev–Trinajstić information content (AvgIpc) is 3.54. The largest absolute Gasteiger partial charge is 0.494 e. The highest BCUT2D eigenvalue weighted by Gasteiger charge is 2.51. The Morgan fingerprint density at radius 1 is 0.478 bits per heavy atom. The highest BCUT2D eigenvalue weighted by atomic mass is 16.7. The lowest BCUT2D eigenvalue weighted by atomic mass is 9.79. The van der Waals surface area contributed by atoms with Gasteiger partial charge in [-0.1, -0.05) is 91.0 Å². The molecule has 0 N–H and O–H groups in total. The molecule has 7 heteroatoms. The van der Waals surface area contributed by atoms with Crippen molar-refractivity contribution in [3.63, 3.8) is 0 Å². The van der Waals surface area contributed by atoms with Gasteiger partial charge in [0.05, 0.1) is 22.2 Å². The molecular weight excluding hydrogens is 567 g/mol. The second kappa shape index (κ2) is 10.8. The van der Waals surface area contributed by atoms with E-state index in [1.165, 1.54) is 21.8 Å². The summed E-state index contributed by atoms with van der Waals surface area (Å²) in [5.74, 6) is 1.85. The van der Waals surface area contributed by atoms with Gasteiger partial charge in [0.2, 0.25) is 0 Å². The number of para-hydroxylation sites is 2. The van der Waals surface area contributed by atoms with Gasteiger partial charge in [-0.25, -0.2) is 15.0 Å². The van der Waals surface area contributed by atoms with Crippen LogP contribution >= 0.6 is 0 Å². The summed E-state index contributed by atoms with van der Waals surface area (Å²) in [5, 5.41) is 2.47. The second-order valence-corrected chi connectivity index (χ2v) is 12.8. The van der Waals surface area contributed by atoms with Gasteiger partial charge in [0.25, 0.3) is 0 Å². The van der Waals surface area contributed by atoms with Gasteiger partial charge in [0.1, 0.15) is 0 Å². The van der Waals surface area contributed by atoms with E-state index >= 15 is 0 Å². The summed E-state index contributed by atoms with van der Waals surface area (Å²) < 4.78 is 14.8. The van der Waals surface area contributed by atoms with Crippen molar-refractivity contribution >= 4 is 34.4 Å². The van der Waals surface area contributed by atoms with E-state index in [1.54, 1.807) is 0 Å². The molecule has 7 aromatic rings. The molecule has 2 aromatic heterocycles. The van der Waals surface area contributed by atoms with E-state index in [-0.39, 0.29) is 0 Å². The Balaban J connectivity index is 1.18. The number of fused-ring (bicyclic) bond motifs is 3. The van der Waals surface area contributed by atoms with Crippen molar-refractivity contribution in [2.45, 2.75) is 38.9 Å². The predicted octanol–water partition coefficient (Wildman–Crippen LogP) is 8.27. The van der Waals surface area contributed by atoms with Gasteiger partial charge in [-0.05, 0) is 69.6 Å². The van der Waals surface area contributed by atoms with E-state index in [0.29, 0.717) is 17.5 Å². The number of aromatic nitrogens is 4. The Kier molecular flexibility index (Phi) is 6.64. The summed E-state index contributed by atoms with van der Waals surface area (Å²) >= 11 is 0. The molecule has 1 saturated heterocycles. The van der Waals surface area contributed by atoms with Crippen LogP contribution in [-0.4, -0.2) is 37.8 Å². The molecule has 0 atom stereocenters. The third kappa shape index (κ3) is 4.80. The maximum absolute atomic E-state index is 6.27. The fourth-order valence-corrected chi connectivity index (χ4v) is 6.08. The van der Waals surface area contributed by atoms with Crippen LogP contribution in [0.1, 0.15) is 27.7 Å². The Bertz CT molecular complexity index is 2140. The van der Waals surface area contributed by atoms with E-state index in [1.807, 2.05) is 54.6 Å². The maximum atomic E-state index is 6.27. The van der Waals surface area contributed by atoms with Crippen LogP contribution in [0.3, 0.4) is 0 Å². The first kappa shape index (κ1) is 28.4. The second-order valence-electron chi connectivity index (χ2n) is 12.8. The van der Waals surface area contributed by atoms with Crippen LogP contribution < -0.4 is 5.46 Å². The van der Waals surface area contributed by atoms with Crippen LogP contribution in [0.4, 0.5) is 0 Å². The zero-order valence-electron chi connectivity index (χ0n) is 26.3. The summed E-state index contributed by atoms with van der Waals surface area (Å²) in [4.78, 5) is 14.8. The smallest absolute Gasteiger partial charge is 0.399 e. The van der Waals surface area contributed by atoms with Crippen LogP contribution in [-0.2, 0) is 9.31 Å².